The Balaban J connectivity index is 1.62. The zero-order valence-corrected chi connectivity index (χ0v) is 15.0. The first-order valence-corrected chi connectivity index (χ1v) is 9.58. The van der Waals surface area contributed by atoms with Gasteiger partial charge in [-0.1, -0.05) is 32.0 Å². The van der Waals surface area contributed by atoms with Gasteiger partial charge in [-0.2, -0.15) is 0 Å². The van der Waals surface area contributed by atoms with Crippen LogP contribution in [0.25, 0.3) is 0 Å². The SMILES string of the molecule is CC(C)c1nc2c(n1C)CCN(CC[S@](=O)c1ccccc1)C2. The fourth-order valence-corrected chi connectivity index (χ4v) is 4.33. The standard InChI is InChI=1S/C18H25N3OS/c1-14(2)18-19-16-13-21(10-9-17(16)20(18)3)11-12-23(22)15-7-5-4-6-8-15/h4-8,14H,9-13H2,1-3H3/t23-/m0/s1. The smallest absolute Gasteiger partial charge is 0.111 e. The summed E-state index contributed by atoms with van der Waals surface area (Å²) in [5, 5.41) is 0. The maximum absolute atomic E-state index is 12.3. The Kier molecular flexibility index (Phi) is 4.97. The van der Waals surface area contributed by atoms with Crippen LogP contribution in [0, 0.1) is 0 Å². The van der Waals surface area contributed by atoms with E-state index in [1.165, 1.54) is 17.2 Å². The van der Waals surface area contributed by atoms with Gasteiger partial charge in [0.1, 0.15) is 5.82 Å². The maximum Gasteiger partial charge on any atom is 0.111 e. The lowest BCUT2D eigenvalue weighted by molar-refractivity contribution is 0.263. The van der Waals surface area contributed by atoms with Crippen molar-refractivity contribution in [3.05, 3.63) is 47.5 Å². The summed E-state index contributed by atoms with van der Waals surface area (Å²) in [7, 11) is 1.21. The van der Waals surface area contributed by atoms with Crippen LogP contribution < -0.4 is 0 Å². The molecule has 1 aromatic carbocycles. The number of benzene rings is 1. The Morgan fingerprint density at radius 1 is 1.26 bits per heavy atom. The summed E-state index contributed by atoms with van der Waals surface area (Å²) < 4.78 is 14.6. The summed E-state index contributed by atoms with van der Waals surface area (Å²) in [6, 6.07) is 9.74. The molecule has 2 aromatic rings. The van der Waals surface area contributed by atoms with Crippen molar-refractivity contribution in [3.8, 4) is 0 Å². The molecule has 0 fully saturated rings. The number of aromatic nitrogens is 2. The van der Waals surface area contributed by atoms with E-state index in [9.17, 15) is 4.21 Å². The summed E-state index contributed by atoms with van der Waals surface area (Å²) in [5.74, 6) is 2.30. The second kappa shape index (κ2) is 6.97. The van der Waals surface area contributed by atoms with Crippen LogP contribution in [-0.4, -0.2) is 37.5 Å². The molecule has 1 atom stereocenters. The Labute approximate surface area is 141 Å². The van der Waals surface area contributed by atoms with E-state index in [2.05, 4.69) is 30.4 Å². The van der Waals surface area contributed by atoms with Crippen molar-refractivity contribution in [1.82, 2.24) is 14.5 Å². The first-order chi connectivity index (χ1) is 11.1. The molecular weight excluding hydrogens is 306 g/mol. The topological polar surface area (TPSA) is 38.1 Å². The molecule has 4 nitrogen and oxygen atoms in total. The largest absolute Gasteiger partial charge is 0.335 e. The molecular formula is C18H25N3OS. The molecule has 0 amide bonds. The normalized spacial score (nSPS) is 16.5. The number of hydrogen-bond acceptors (Lipinski definition) is 3. The van der Waals surface area contributed by atoms with Gasteiger partial charge in [0.15, 0.2) is 0 Å². The Morgan fingerprint density at radius 3 is 2.70 bits per heavy atom. The second-order valence-electron chi connectivity index (χ2n) is 6.47. The number of hydrogen-bond donors (Lipinski definition) is 0. The van der Waals surface area contributed by atoms with Crippen LogP contribution in [0.2, 0.25) is 0 Å². The fraction of sp³-hybridized carbons (Fsp3) is 0.500. The summed E-state index contributed by atoms with van der Waals surface area (Å²) in [6.07, 6.45) is 1.03. The minimum atomic E-state index is -0.917. The van der Waals surface area contributed by atoms with Gasteiger partial charge < -0.3 is 4.57 Å². The van der Waals surface area contributed by atoms with Gasteiger partial charge in [-0.3, -0.25) is 9.11 Å². The van der Waals surface area contributed by atoms with Gasteiger partial charge >= 0.3 is 0 Å². The van der Waals surface area contributed by atoms with Gasteiger partial charge in [0.25, 0.3) is 0 Å². The van der Waals surface area contributed by atoms with Gasteiger partial charge in [0, 0.05) is 55.4 Å². The summed E-state index contributed by atoms with van der Waals surface area (Å²) in [6.45, 7) is 7.13. The average Bonchev–Trinajstić information content (AvgIpc) is 2.90. The zero-order chi connectivity index (χ0) is 16.4. The monoisotopic (exact) mass is 331 g/mol. The van der Waals surface area contributed by atoms with Crippen LogP contribution >= 0.6 is 0 Å². The molecule has 1 aliphatic rings. The fourth-order valence-electron chi connectivity index (χ4n) is 3.21. The van der Waals surface area contributed by atoms with E-state index in [-0.39, 0.29) is 0 Å². The molecule has 0 saturated heterocycles. The Hall–Kier alpha value is -1.46. The third-order valence-electron chi connectivity index (χ3n) is 4.48. The number of imidazole rings is 1. The summed E-state index contributed by atoms with van der Waals surface area (Å²) in [4.78, 5) is 8.13. The lowest BCUT2D eigenvalue weighted by Crippen LogP contribution is -2.34. The van der Waals surface area contributed by atoms with Crippen molar-refractivity contribution in [2.75, 3.05) is 18.8 Å². The molecule has 1 aromatic heterocycles. The molecule has 0 unspecified atom stereocenters. The quantitative estimate of drug-likeness (QED) is 0.845. The molecule has 23 heavy (non-hydrogen) atoms. The van der Waals surface area contributed by atoms with Crippen molar-refractivity contribution >= 4 is 10.8 Å². The molecule has 2 heterocycles. The van der Waals surface area contributed by atoms with E-state index in [1.54, 1.807) is 0 Å². The highest BCUT2D eigenvalue weighted by Gasteiger charge is 2.23. The van der Waals surface area contributed by atoms with E-state index in [0.29, 0.717) is 11.7 Å². The molecule has 3 rings (SSSR count). The Bertz CT molecular complexity index is 694. The number of nitrogens with zero attached hydrogens (tertiary/aromatic N) is 3. The van der Waals surface area contributed by atoms with Crippen molar-refractivity contribution in [2.24, 2.45) is 7.05 Å². The van der Waals surface area contributed by atoms with Crippen molar-refractivity contribution in [1.29, 1.82) is 0 Å². The van der Waals surface area contributed by atoms with Crippen LogP contribution in [-0.2, 0) is 30.8 Å². The highest BCUT2D eigenvalue weighted by Crippen LogP contribution is 2.23. The van der Waals surface area contributed by atoms with Gasteiger partial charge in [-0.15, -0.1) is 0 Å². The van der Waals surface area contributed by atoms with E-state index >= 15 is 0 Å². The zero-order valence-electron chi connectivity index (χ0n) is 14.2. The molecule has 1 aliphatic heterocycles. The highest BCUT2D eigenvalue weighted by atomic mass is 32.2. The van der Waals surface area contributed by atoms with E-state index in [1.807, 2.05) is 30.3 Å². The van der Waals surface area contributed by atoms with Gasteiger partial charge in [0.2, 0.25) is 0 Å². The van der Waals surface area contributed by atoms with Crippen molar-refractivity contribution < 1.29 is 4.21 Å². The molecule has 0 N–H and O–H groups in total. The minimum absolute atomic E-state index is 0.449. The first-order valence-electron chi connectivity index (χ1n) is 8.26. The Morgan fingerprint density at radius 2 is 2.00 bits per heavy atom. The molecule has 5 heteroatoms. The van der Waals surface area contributed by atoms with Crippen molar-refractivity contribution in [2.45, 2.75) is 37.6 Å². The van der Waals surface area contributed by atoms with Crippen LogP contribution in [0.5, 0.6) is 0 Å². The van der Waals surface area contributed by atoms with Crippen LogP contribution in [0.1, 0.15) is 37.0 Å². The number of fused-ring (bicyclic) bond motifs is 1. The number of rotatable bonds is 5. The minimum Gasteiger partial charge on any atom is -0.335 e. The average molecular weight is 331 g/mol. The molecule has 0 spiro atoms. The predicted octanol–water partition coefficient (Wildman–Crippen LogP) is 2.71. The summed E-state index contributed by atoms with van der Waals surface area (Å²) in [5.41, 5.74) is 2.57. The third-order valence-corrected chi connectivity index (χ3v) is 5.84. The second-order valence-corrected chi connectivity index (χ2v) is 8.04. The van der Waals surface area contributed by atoms with E-state index < -0.39 is 10.8 Å². The van der Waals surface area contributed by atoms with Crippen LogP contribution in [0.3, 0.4) is 0 Å². The van der Waals surface area contributed by atoms with Crippen LogP contribution in [0.4, 0.5) is 0 Å². The third kappa shape index (κ3) is 3.56. The maximum atomic E-state index is 12.3. The molecule has 0 aliphatic carbocycles. The molecule has 0 radical (unpaired) electrons. The van der Waals surface area contributed by atoms with Gasteiger partial charge in [0.05, 0.1) is 16.5 Å². The molecule has 0 bridgehead atoms. The summed E-state index contributed by atoms with van der Waals surface area (Å²) >= 11 is 0. The van der Waals surface area contributed by atoms with Crippen LogP contribution in [0.15, 0.2) is 35.2 Å². The van der Waals surface area contributed by atoms with Crippen molar-refractivity contribution in [3.63, 3.8) is 0 Å². The van der Waals surface area contributed by atoms with E-state index in [4.69, 9.17) is 4.98 Å². The van der Waals surface area contributed by atoms with Gasteiger partial charge in [-0.05, 0) is 12.1 Å². The van der Waals surface area contributed by atoms with Gasteiger partial charge in [-0.25, -0.2) is 4.98 Å². The highest BCUT2D eigenvalue weighted by molar-refractivity contribution is 7.85. The molecule has 0 saturated carbocycles. The first kappa shape index (κ1) is 16.4. The molecule has 124 valence electrons. The van der Waals surface area contributed by atoms with E-state index in [0.717, 1.165) is 31.0 Å². The predicted molar refractivity (Wildman–Crippen MR) is 94.0 cm³/mol. The lowest BCUT2D eigenvalue weighted by atomic mass is 10.1. The lowest BCUT2D eigenvalue weighted by Gasteiger charge is -2.26.